The van der Waals surface area contributed by atoms with Gasteiger partial charge < -0.3 is 14.9 Å². The Kier molecular flexibility index (Phi) is 5.36. The lowest BCUT2D eigenvalue weighted by atomic mass is 9.74. The molecule has 4 rings (SSSR count). The molecule has 2 fully saturated rings. The largest absolute Gasteiger partial charge is 0.389 e. The Balaban J connectivity index is 1.57. The summed E-state index contributed by atoms with van der Waals surface area (Å²) in [5.74, 6) is 7.10. The van der Waals surface area contributed by atoms with Crippen LogP contribution in [0, 0.1) is 29.6 Å². The maximum absolute atomic E-state index is 10.9. The van der Waals surface area contributed by atoms with Crippen LogP contribution in [-0.4, -0.2) is 35.6 Å². The number of rotatable bonds is 2. The number of ether oxygens (including phenoxy) is 1. The van der Waals surface area contributed by atoms with Crippen molar-refractivity contribution in [3.05, 3.63) is 35.4 Å². The lowest BCUT2D eigenvalue weighted by Crippen LogP contribution is -2.30. The molecule has 0 radical (unpaired) electrons. The number of aryl methyl sites for hydroxylation is 1. The molecule has 1 aromatic carbocycles. The summed E-state index contributed by atoms with van der Waals surface area (Å²) in [6.07, 6.45) is 6.51. The van der Waals surface area contributed by atoms with E-state index in [0.29, 0.717) is 11.8 Å². The topological polar surface area (TPSA) is 49.7 Å². The van der Waals surface area contributed by atoms with E-state index >= 15 is 0 Å². The minimum atomic E-state index is -0.591. The van der Waals surface area contributed by atoms with Crippen molar-refractivity contribution in [1.29, 1.82) is 0 Å². The summed E-state index contributed by atoms with van der Waals surface area (Å²) in [6, 6.07) is 8.53. The molecule has 0 amide bonds. The molecule has 140 valence electrons. The molecule has 1 aromatic rings. The monoisotopic (exact) mass is 354 g/mol. The van der Waals surface area contributed by atoms with Crippen LogP contribution in [0.4, 0.5) is 0 Å². The lowest BCUT2D eigenvalue weighted by Gasteiger charge is -2.31. The van der Waals surface area contributed by atoms with Gasteiger partial charge in [-0.3, -0.25) is 0 Å². The van der Waals surface area contributed by atoms with Crippen LogP contribution in [0.3, 0.4) is 0 Å². The Hall–Kier alpha value is -1.34. The second-order valence-electron chi connectivity index (χ2n) is 8.28. The molecule has 2 saturated carbocycles. The van der Waals surface area contributed by atoms with Crippen LogP contribution in [0.25, 0.3) is 0 Å². The molecular weight excluding hydrogens is 324 g/mol. The lowest BCUT2D eigenvalue weighted by molar-refractivity contribution is -0.00722. The number of methoxy groups -OCH3 is 1. The predicted molar refractivity (Wildman–Crippen MR) is 102 cm³/mol. The normalized spacial score (nSPS) is 35.1. The van der Waals surface area contributed by atoms with Crippen LogP contribution in [0.5, 0.6) is 0 Å². The minimum absolute atomic E-state index is 0.114. The van der Waals surface area contributed by atoms with Gasteiger partial charge in [-0.15, -0.1) is 0 Å². The fraction of sp³-hybridized carbons (Fsp3) is 0.652. The second-order valence-corrected chi connectivity index (χ2v) is 8.28. The maximum atomic E-state index is 10.9. The van der Waals surface area contributed by atoms with Crippen LogP contribution in [-0.2, 0) is 11.2 Å². The summed E-state index contributed by atoms with van der Waals surface area (Å²) in [4.78, 5) is 0. The van der Waals surface area contributed by atoms with Gasteiger partial charge in [-0.1, -0.05) is 55.4 Å². The van der Waals surface area contributed by atoms with Gasteiger partial charge in [-0.2, -0.15) is 0 Å². The fourth-order valence-electron chi connectivity index (χ4n) is 5.54. The highest BCUT2D eigenvalue weighted by Gasteiger charge is 2.51. The Labute approximate surface area is 156 Å². The van der Waals surface area contributed by atoms with Crippen molar-refractivity contribution < 1.29 is 14.9 Å². The van der Waals surface area contributed by atoms with Crippen molar-refractivity contribution in [3.8, 4) is 11.8 Å². The molecule has 3 nitrogen and oxygen atoms in total. The van der Waals surface area contributed by atoms with Crippen molar-refractivity contribution in [2.75, 3.05) is 7.11 Å². The van der Waals surface area contributed by atoms with Gasteiger partial charge in [0.25, 0.3) is 0 Å². The van der Waals surface area contributed by atoms with Crippen molar-refractivity contribution in [1.82, 2.24) is 0 Å². The van der Waals surface area contributed by atoms with Gasteiger partial charge in [-0.05, 0) is 48.6 Å². The highest BCUT2D eigenvalue weighted by molar-refractivity contribution is 5.38. The summed E-state index contributed by atoms with van der Waals surface area (Å²) >= 11 is 0. The van der Waals surface area contributed by atoms with Crippen LogP contribution in [0.15, 0.2) is 24.3 Å². The second kappa shape index (κ2) is 7.72. The quantitative estimate of drug-likeness (QED) is 0.802. The standard InChI is InChI=1S/C23H30O3/c1-26-23-21-17-10-6-5-7-15(17)11-12-18(21)19(22(23)25)13-14-20(24)16-8-3-2-4-9-16/h5-7,10,16,18-25H,2-4,8-9,11-12H2,1H3. The first-order valence-corrected chi connectivity index (χ1v) is 10.2. The van der Waals surface area contributed by atoms with Crippen LogP contribution in [0.2, 0.25) is 0 Å². The summed E-state index contributed by atoms with van der Waals surface area (Å²) in [5, 5.41) is 21.4. The van der Waals surface area contributed by atoms with Crippen LogP contribution in [0.1, 0.15) is 55.6 Å². The summed E-state index contributed by atoms with van der Waals surface area (Å²) in [6.45, 7) is 0. The first-order valence-electron chi connectivity index (χ1n) is 10.2. The highest BCUT2D eigenvalue weighted by atomic mass is 16.5. The number of aliphatic hydroxyl groups is 2. The number of hydrogen-bond donors (Lipinski definition) is 2. The minimum Gasteiger partial charge on any atom is -0.389 e. The molecule has 6 atom stereocenters. The van der Waals surface area contributed by atoms with Gasteiger partial charge in [0.15, 0.2) is 0 Å². The molecule has 0 heterocycles. The molecule has 3 heteroatoms. The average molecular weight is 354 g/mol. The number of hydrogen-bond acceptors (Lipinski definition) is 3. The zero-order valence-electron chi connectivity index (χ0n) is 15.6. The number of benzene rings is 1. The molecule has 0 saturated heterocycles. The van der Waals surface area contributed by atoms with E-state index in [9.17, 15) is 10.2 Å². The highest BCUT2D eigenvalue weighted by Crippen LogP contribution is 2.50. The number of aliphatic hydroxyl groups excluding tert-OH is 2. The van der Waals surface area contributed by atoms with Crippen molar-refractivity contribution in [3.63, 3.8) is 0 Å². The van der Waals surface area contributed by atoms with Gasteiger partial charge >= 0.3 is 0 Å². The van der Waals surface area contributed by atoms with E-state index in [1.165, 1.54) is 30.4 Å². The van der Waals surface area contributed by atoms with Gasteiger partial charge in [0.2, 0.25) is 0 Å². The third kappa shape index (κ3) is 3.20. The maximum Gasteiger partial charge on any atom is 0.117 e. The summed E-state index contributed by atoms with van der Waals surface area (Å²) < 4.78 is 5.72. The third-order valence-electron chi connectivity index (χ3n) is 6.91. The van der Waals surface area contributed by atoms with E-state index in [2.05, 4.69) is 36.1 Å². The predicted octanol–water partition coefficient (Wildman–Crippen LogP) is 3.28. The zero-order valence-corrected chi connectivity index (χ0v) is 15.6. The smallest absolute Gasteiger partial charge is 0.117 e. The molecule has 3 aliphatic carbocycles. The van der Waals surface area contributed by atoms with Crippen molar-refractivity contribution in [2.45, 2.75) is 69.2 Å². The Morgan fingerprint density at radius 1 is 1.12 bits per heavy atom. The fourth-order valence-corrected chi connectivity index (χ4v) is 5.54. The van der Waals surface area contributed by atoms with E-state index in [0.717, 1.165) is 25.7 Å². The van der Waals surface area contributed by atoms with Crippen LogP contribution >= 0.6 is 0 Å². The Morgan fingerprint density at radius 2 is 1.88 bits per heavy atom. The van der Waals surface area contributed by atoms with Gasteiger partial charge in [0.1, 0.15) is 6.10 Å². The molecule has 0 aromatic heterocycles. The first kappa shape index (κ1) is 18.0. The van der Waals surface area contributed by atoms with E-state index in [-0.39, 0.29) is 17.9 Å². The van der Waals surface area contributed by atoms with Gasteiger partial charge in [0, 0.05) is 13.0 Å². The van der Waals surface area contributed by atoms with Crippen LogP contribution < -0.4 is 0 Å². The summed E-state index contributed by atoms with van der Waals surface area (Å²) in [7, 11) is 1.69. The molecule has 0 aliphatic heterocycles. The van der Waals surface area contributed by atoms with E-state index in [1.807, 2.05) is 0 Å². The Morgan fingerprint density at radius 3 is 2.65 bits per heavy atom. The summed E-state index contributed by atoms with van der Waals surface area (Å²) in [5.41, 5.74) is 2.69. The number of fused-ring (bicyclic) bond motifs is 3. The molecule has 26 heavy (non-hydrogen) atoms. The Bertz CT molecular complexity index is 682. The van der Waals surface area contributed by atoms with Crippen molar-refractivity contribution in [2.24, 2.45) is 17.8 Å². The SMILES string of the molecule is COC1C(O)C(C#CC(O)C2CCCCC2)C2CCc3ccccc3C21. The zero-order chi connectivity index (χ0) is 18.1. The van der Waals surface area contributed by atoms with Gasteiger partial charge in [0.05, 0.1) is 18.1 Å². The average Bonchev–Trinajstić information content (AvgIpc) is 2.97. The molecular formula is C23H30O3. The molecule has 3 aliphatic rings. The van der Waals surface area contributed by atoms with Crippen molar-refractivity contribution >= 4 is 0 Å². The molecule has 2 N–H and O–H groups in total. The van der Waals surface area contributed by atoms with Gasteiger partial charge in [-0.25, -0.2) is 0 Å². The molecule has 6 unspecified atom stereocenters. The first-order chi connectivity index (χ1) is 12.7. The van der Waals surface area contributed by atoms with E-state index < -0.39 is 12.2 Å². The third-order valence-corrected chi connectivity index (χ3v) is 6.91. The molecule has 0 bridgehead atoms. The van der Waals surface area contributed by atoms with E-state index in [1.54, 1.807) is 7.11 Å². The molecule has 0 spiro atoms. The van der Waals surface area contributed by atoms with E-state index in [4.69, 9.17) is 4.74 Å².